The van der Waals surface area contributed by atoms with Crippen molar-refractivity contribution in [1.29, 1.82) is 0 Å². The molecule has 0 radical (unpaired) electrons. The highest BCUT2D eigenvalue weighted by molar-refractivity contribution is 5.85. The molecule has 2 aromatic rings. The third kappa shape index (κ3) is 4.06. The van der Waals surface area contributed by atoms with E-state index in [1.807, 2.05) is 12.4 Å². The first-order chi connectivity index (χ1) is 11.6. The Labute approximate surface area is 167 Å². The Morgan fingerprint density at radius 2 is 2.00 bits per heavy atom. The number of benzene rings is 1. The Bertz CT molecular complexity index is 723. The van der Waals surface area contributed by atoms with E-state index in [0.717, 1.165) is 44.0 Å². The van der Waals surface area contributed by atoms with Gasteiger partial charge in [-0.05, 0) is 43.5 Å². The molecule has 3 heterocycles. The van der Waals surface area contributed by atoms with Crippen LogP contribution >= 0.6 is 24.8 Å². The summed E-state index contributed by atoms with van der Waals surface area (Å²) in [5.74, 6) is 1.10. The van der Waals surface area contributed by atoms with Gasteiger partial charge >= 0.3 is 0 Å². The summed E-state index contributed by atoms with van der Waals surface area (Å²) in [6, 6.07) is 7.45. The molecular weight excluding hydrogens is 374 g/mol. The van der Waals surface area contributed by atoms with E-state index in [4.69, 9.17) is 0 Å². The van der Waals surface area contributed by atoms with E-state index in [1.54, 1.807) is 6.07 Å². The van der Waals surface area contributed by atoms with Crippen LogP contribution in [0.1, 0.15) is 24.2 Å². The molecule has 26 heavy (non-hydrogen) atoms. The summed E-state index contributed by atoms with van der Waals surface area (Å²) in [7, 11) is 2.17. The Kier molecular flexibility index (Phi) is 7.08. The largest absolute Gasteiger partial charge is 0.337 e. The lowest BCUT2D eigenvalue weighted by Crippen LogP contribution is -2.29. The SMILES string of the molecule is CCn1cnc(CN2C[C@@H]3CN(C)[C@@H](c4cccc(F)c4)[C@@H]3C2)c1.Cl.Cl. The highest BCUT2D eigenvalue weighted by Crippen LogP contribution is 2.44. The lowest BCUT2D eigenvalue weighted by Gasteiger charge is -2.26. The molecule has 144 valence electrons. The zero-order chi connectivity index (χ0) is 16.7. The fourth-order valence-electron chi connectivity index (χ4n) is 4.56. The van der Waals surface area contributed by atoms with Crippen LogP contribution in [0, 0.1) is 17.7 Å². The number of nitrogens with zero attached hydrogens (tertiary/aromatic N) is 4. The van der Waals surface area contributed by atoms with E-state index in [1.165, 1.54) is 6.07 Å². The molecule has 0 bridgehead atoms. The van der Waals surface area contributed by atoms with Crippen molar-refractivity contribution in [2.45, 2.75) is 26.1 Å². The number of rotatable bonds is 4. The molecule has 2 aliphatic heterocycles. The third-order valence-electron chi connectivity index (χ3n) is 5.60. The van der Waals surface area contributed by atoms with Crippen molar-refractivity contribution < 1.29 is 4.39 Å². The number of likely N-dealkylation sites (tertiary alicyclic amines) is 2. The van der Waals surface area contributed by atoms with E-state index >= 15 is 0 Å². The zero-order valence-electron chi connectivity index (χ0n) is 15.2. The minimum absolute atomic E-state index is 0. The average Bonchev–Trinajstić information content (AvgIpc) is 3.22. The van der Waals surface area contributed by atoms with E-state index < -0.39 is 0 Å². The van der Waals surface area contributed by atoms with Gasteiger partial charge in [-0.3, -0.25) is 9.80 Å². The van der Waals surface area contributed by atoms with Crippen molar-refractivity contribution in [3.05, 3.63) is 53.9 Å². The van der Waals surface area contributed by atoms with E-state index in [2.05, 4.69) is 45.6 Å². The van der Waals surface area contributed by atoms with Crippen molar-refractivity contribution in [3.63, 3.8) is 0 Å². The maximum absolute atomic E-state index is 13.7. The second-order valence-electron chi connectivity index (χ2n) is 7.25. The molecule has 2 saturated heterocycles. The summed E-state index contributed by atoms with van der Waals surface area (Å²) < 4.78 is 15.8. The summed E-state index contributed by atoms with van der Waals surface area (Å²) in [6.07, 6.45) is 4.06. The predicted octanol–water partition coefficient (Wildman–Crippen LogP) is 3.62. The van der Waals surface area contributed by atoms with Gasteiger partial charge in [-0.15, -0.1) is 24.8 Å². The number of hydrogen-bond acceptors (Lipinski definition) is 3. The van der Waals surface area contributed by atoms with Gasteiger partial charge in [0, 0.05) is 45.0 Å². The molecule has 1 aromatic heterocycles. The van der Waals surface area contributed by atoms with E-state index in [9.17, 15) is 4.39 Å². The Morgan fingerprint density at radius 3 is 2.69 bits per heavy atom. The quantitative estimate of drug-likeness (QED) is 0.782. The minimum Gasteiger partial charge on any atom is -0.337 e. The van der Waals surface area contributed by atoms with Gasteiger partial charge in [0.15, 0.2) is 0 Å². The molecule has 0 amide bonds. The van der Waals surface area contributed by atoms with Crippen molar-refractivity contribution >= 4 is 24.8 Å². The average molecular weight is 401 g/mol. The molecule has 0 unspecified atom stereocenters. The van der Waals surface area contributed by atoms with Gasteiger partial charge in [-0.2, -0.15) is 0 Å². The molecule has 2 fully saturated rings. The van der Waals surface area contributed by atoms with E-state index in [0.29, 0.717) is 17.9 Å². The van der Waals surface area contributed by atoms with Crippen molar-refractivity contribution in [2.75, 3.05) is 26.7 Å². The van der Waals surface area contributed by atoms with Crippen LogP contribution in [0.3, 0.4) is 0 Å². The Hall–Kier alpha value is -1.14. The zero-order valence-corrected chi connectivity index (χ0v) is 16.8. The molecule has 1 aromatic carbocycles. The van der Waals surface area contributed by atoms with Gasteiger partial charge in [0.2, 0.25) is 0 Å². The molecule has 0 saturated carbocycles. The maximum atomic E-state index is 13.7. The maximum Gasteiger partial charge on any atom is 0.123 e. The normalized spacial score (nSPS) is 25.6. The summed E-state index contributed by atoms with van der Waals surface area (Å²) >= 11 is 0. The van der Waals surface area contributed by atoms with Crippen molar-refractivity contribution in [3.8, 4) is 0 Å². The summed E-state index contributed by atoms with van der Waals surface area (Å²) in [6.45, 7) is 7.27. The number of halogens is 3. The predicted molar refractivity (Wildman–Crippen MR) is 106 cm³/mol. The van der Waals surface area contributed by atoms with Crippen LogP contribution in [0.5, 0.6) is 0 Å². The van der Waals surface area contributed by atoms with Gasteiger partial charge in [0.1, 0.15) is 5.82 Å². The molecule has 4 nitrogen and oxygen atoms in total. The number of aromatic nitrogens is 2. The fourth-order valence-corrected chi connectivity index (χ4v) is 4.56. The highest BCUT2D eigenvalue weighted by atomic mass is 35.5. The van der Waals surface area contributed by atoms with E-state index in [-0.39, 0.29) is 30.6 Å². The molecule has 3 atom stereocenters. The molecule has 7 heteroatoms. The molecule has 2 aliphatic rings. The molecular formula is C19H27Cl2FN4. The smallest absolute Gasteiger partial charge is 0.123 e. The summed E-state index contributed by atoms with van der Waals surface area (Å²) in [4.78, 5) is 9.42. The lowest BCUT2D eigenvalue weighted by atomic mass is 9.89. The van der Waals surface area contributed by atoms with Crippen LogP contribution in [0.25, 0.3) is 0 Å². The Morgan fingerprint density at radius 1 is 1.19 bits per heavy atom. The molecule has 4 rings (SSSR count). The van der Waals surface area contributed by atoms with Crippen LogP contribution in [-0.4, -0.2) is 46.0 Å². The Balaban J connectivity index is 0.00000121. The van der Waals surface area contributed by atoms with Crippen LogP contribution in [0.2, 0.25) is 0 Å². The highest BCUT2D eigenvalue weighted by Gasteiger charge is 2.46. The van der Waals surface area contributed by atoms with Gasteiger partial charge < -0.3 is 4.57 Å². The number of aryl methyl sites for hydroxylation is 1. The van der Waals surface area contributed by atoms with Gasteiger partial charge in [-0.1, -0.05) is 12.1 Å². The van der Waals surface area contributed by atoms with Crippen LogP contribution < -0.4 is 0 Å². The molecule has 0 spiro atoms. The van der Waals surface area contributed by atoms with Crippen LogP contribution in [0.4, 0.5) is 4.39 Å². The van der Waals surface area contributed by atoms with Crippen molar-refractivity contribution in [1.82, 2.24) is 19.4 Å². The summed E-state index contributed by atoms with van der Waals surface area (Å²) in [5.41, 5.74) is 2.26. The number of imidazole rings is 1. The fraction of sp³-hybridized carbons (Fsp3) is 0.526. The third-order valence-corrected chi connectivity index (χ3v) is 5.60. The second-order valence-corrected chi connectivity index (χ2v) is 7.25. The lowest BCUT2D eigenvalue weighted by molar-refractivity contribution is 0.223. The minimum atomic E-state index is -0.135. The first-order valence-electron chi connectivity index (χ1n) is 8.82. The van der Waals surface area contributed by atoms with Gasteiger partial charge in [0.25, 0.3) is 0 Å². The molecule has 0 aliphatic carbocycles. The number of hydrogen-bond donors (Lipinski definition) is 0. The monoisotopic (exact) mass is 400 g/mol. The number of fused-ring (bicyclic) bond motifs is 1. The van der Waals surface area contributed by atoms with Crippen LogP contribution in [-0.2, 0) is 13.1 Å². The first kappa shape index (κ1) is 21.2. The second kappa shape index (κ2) is 8.70. The first-order valence-corrected chi connectivity index (χ1v) is 8.82. The standard InChI is InChI=1S/C19H25FN4.2ClH/c1-3-23-10-17(21-13-23)11-24-9-15-8-22(2)19(18(15)12-24)14-5-4-6-16(20)7-14;;/h4-7,10,13,15,18-19H,3,8-9,11-12H2,1-2H3;2*1H/t15-,18+,19-;;/m0../s1. The van der Waals surface area contributed by atoms with Gasteiger partial charge in [0.05, 0.1) is 12.0 Å². The molecule has 0 N–H and O–H groups in total. The van der Waals surface area contributed by atoms with Crippen LogP contribution in [0.15, 0.2) is 36.8 Å². The summed E-state index contributed by atoms with van der Waals surface area (Å²) in [5, 5.41) is 0. The van der Waals surface area contributed by atoms with Gasteiger partial charge in [-0.25, -0.2) is 9.37 Å². The van der Waals surface area contributed by atoms with Crippen molar-refractivity contribution in [2.24, 2.45) is 11.8 Å². The topological polar surface area (TPSA) is 24.3 Å².